The number of rotatable bonds is 8. The summed E-state index contributed by atoms with van der Waals surface area (Å²) in [7, 11) is 1.65. The molecule has 0 spiro atoms. The molecule has 32 heavy (non-hydrogen) atoms. The van der Waals surface area contributed by atoms with Gasteiger partial charge in [0.25, 0.3) is 5.91 Å². The van der Waals surface area contributed by atoms with Crippen LogP contribution in [0.1, 0.15) is 24.4 Å². The zero-order chi connectivity index (χ0) is 22.7. The number of nitrogens with one attached hydrogen (secondary N) is 1. The Morgan fingerprint density at radius 1 is 1.34 bits per heavy atom. The number of ether oxygens (including phenoxy) is 1. The number of halogens is 1. The van der Waals surface area contributed by atoms with Crippen LogP contribution in [0.4, 0.5) is 21.6 Å². The lowest BCUT2D eigenvalue weighted by Gasteiger charge is -2.45. The molecule has 172 valence electrons. The third-order valence-electron chi connectivity index (χ3n) is 5.58. The number of carbonyl (C=O) groups is 1. The summed E-state index contributed by atoms with van der Waals surface area (Å²) in [6.07, 6.45) is 4.02. The Bertz CT molecular complexity index is 993. The zero-order valence-corrected chi connectivity index (χ0v) is 18.3. The Labute approximate surface area is 188 Å². The normalized spacial score (nSPS) is 17.3. The third kappa shape index (κ3) is 4.80. The lowest BCUT2D eigenvalue weighted by molar-refractivity contribution is 0.0473. The first-order valence-electron chi connectivity index (χ1n) is 10.7. The van der Waals surface area contributed by atoms with Gasteiger partial charge in [0, 0.05) is 70.6 Å². The summed E-state index contributed by atoms with van der Waals surface area (Å²) in [6, 6.07) is 3.38. The van der Waals surface area contributed by atoms with Gasteiger partial charge in [-0.15, -0.1) is 0 Å². The number of aromatic nitrogens is 2. The first-order valence-corrected chi connectivity index (χ1v) is 10.7. The Morgan fingerprint density at radius 2 is 2.12 bits per heavy atom. The minimum atomic E-state index is -0.667. The fraction of sp³-hybridized carbons (Fsp3) is 0.455. The van der Waals surface area contributed by atoms with Gasteiger partial charge in [-0.2, -0.15) is 0 Å². The number of nitrogens with zero attached hydrogens (tertiary/aromatic N) is 5. The summed E-state index contributed by atoms with van der Waals surface area (Å²) in [4.78, 5) is 29.7. The van der Waals surface area contributed by atoms with Crippen molar-refractivity contribution in [3.05, 3.63) is 35.8 Å². The van der Waals surface area contributed by atoms with Crippen molar-refractivity contribution in [3.63, 3.8) is 0 Å². The predicted octanol–water partition coefficient (Wildman–Crippen LogP) is 2.09. The Balaban J connectivity index is 0.00000306. The molecule has 0 aliphatic carbocycles. The number of benzene rings is 1. The van der Waals surface area contributed by atoms with Crippen molar-refractivity contribution in [2.75, 3.05) is 62.3 Å². The molecule has 9 nitrogen and oxygen atoms in total. The van der Waals surface area contributed by atoms with Crippen molar-refractivity contribution in [1.82, 2.24) is 14.9 Å². The SMILES string of the molecule is CCOc1cc(N)c(C=NC)cc1NC(=O)c1cnc(N2CC(CN3CC(F)C3)C2)cn1.[HH]. The number of anilines is 3. The van der Waals surface area contributed by atoms with Gasteiger partial charge in [-0.3, -0.25) is 14.7 Å². The fourth-order valence-electron chi connectivity index (χ4n) is 3.92. The Morgan fingerprint density at radius 3 is 2.75 bits per heavy atom. The summed E-state index contributed by atoms with van der Waals surface area (Å²) < 4.78 is 18.5. The molecule has 0 saturated carbocycles. The molecule has 0 unspecified atom stereocenters. The Kier molecular flexibility index (Phi) is 6.50. The summed E-state index contributed by atoms with van der Waals surface area (Å²) in [6.45, 7) is 6.02. The minimum Gasteiger partial charge on any atom is -0.492 e. The quantitative estimate of drug-likeness (QED) is 0.475. The molecule has 1 aromatic heterocycles. The molecule has 3 heterocycles. The number of nitrogens with two attached hydrogens (primary N) is 1. The average molecular weight is 444 g/mol. The summed E-state index contributed by atoms with van der Waals surface area (Å²) >= 11 is 0. The second-order valence-corrected chi connectivity index (χ2v) is 8.10. The van der Waals surface area contributed by atoms with E-state index in [1.54, 1.807) is 31.6 Å². The topological polar surface area (TPSA) is 109 Å². The van der Waals surface area contributed by atoms with Crippen molar-refractivity contribution >= 4 is 29.3 Å². The van der Waals surface area contributed by atoms with Crippen LogP contribution in [0, 0.1) is 5.92 Å². The molecule has 0 bridgehead atoms. The van der Waals surface area contributed by atoms with Crippen molar-refractivity contribution in [1.29, 1.82) is 0 Å². The second-order valence-electron chi connectivity index (χ2n) is 8.10. The van der Waals surface area contributed by atoms with Gasteiger partial charge in [0.2, 0.25) is 0 Å². The van der Waals surface area contributed by atoms with Crippen molar-refractivity contribution in [2.45, 2.75) is 13.1 Å². The molecule has 2 saturated heterocycles. The molecular weight excluding hydrogens is 413 g/mol. The van der Waals surface area contributed by atoms with E-state index < -0.39 is 12.1 Å². The van der Waals surface area contributed by atoms with Gasteiger partial charge >= 0.3 is 0 Å². The number of hydrogen-bond donors (Lipinski definition) is 2. The van der Waals surface area contributed by atoms with Gasteiger partial charge in [-0.05, 0) is 13.0 Å². The molecule has 1 aromatic carbocycles. The molecular formula is C22H30FN7O2. The number of alkyl halides is 1. The van der Waals surface area contributed by atoms with E-state index in [2.05, 4.69) is 30.1 Å². The van der Waals surface area contributed by atoms with E-state index in [0.29, 0.717) is 48.3 Å². The highest BCUT2D eigenvalue weighted by molar-refractivity contribution is 6.04. The van der Waals surface area contributed by atoms with Gasteiger partial charge in [0.05, 0.1) is 24.7 Å². The number of amides is 1. The van der Waals surface area contributed by atoms with Crippen LogP contribution in [0.25, 0.3) is 0 Å². The smallest absolute Gasteiger partial charge is 0.275 e. The number of hydrogen-bond acceptors (Lipinski definition) is 8. The van der Waals surface area contributed by atoms with Crippen molar-refractivity contribution < 1.29 is 15.3 Å². The zero-order valence-electron chi connectivity index (χ0n) is 18.3. The van der Waals surface area contributed by atoms with E-state index in [4.69, 9.17) is 10.5 Å². The summed E-state index contributed by atoms with van der Waals surface area (Å²) in [5.41, 5.74) is 7.91. The minimum absolute atomic E-state index is 0. The van der Waals surface area contributed by atoms with Gasteiger partial charge < -0.3 is 20.7 Å². The molecule has 2 aliphatic heterocycles. The van der Waals surface area contributed by atoms with E-state index in [1.165, 1.54) is 6.20 Å². The predicted molar refractivity (Wildman–Crippen MR) is 125 cm³/mol. The van der Waals surface area contributed by atoms with Crippen LogP contribution in [0.3, 0.4) is 0 Å². The van der Waals surface area contributed by atoms with E-state index in [9.17, 15) is 9.18 Å². The first kappa shape index (κ1) is 21.9. The highest BCUT2D eigenvalue weighted by atomic mass is 19.1. The number of likely N-dealkylation sites (tertiary alicyclic amines) is 1. The molecule has 0 atom stereocenters. The molecule has 4 rings (SSSR count). The Hall–Kier alpha value is -3.27. The van der Waals surface area contributed by atoms with E-state index in [-0.39, 0.29) is 7.12 Å². The lowest BCUT2D eigenvalue weighted by atomic mass is 9.98. The van der Waals surface area contributed by atoms with Crippen LogP contribution in [-0.4, -0.2) is 79.5 Å². The van der Waals surface area contributed by atoms with E-state index >= 15 is 0 Å². The van der Waals surface area contributed by atoms with Gasteiger partial charge in [0.15, 0.2) is 0 Å². The van der Waals surface area contributed by atoms with Crippen LogP contribution < -0.4 is 20.7 Å². The maximum Gasteiger partial charge on any atom is 0.275 e. The van der Waals surface area contributed by atoms with Crippen LogP contribution in [0.5, 0.6) is 5.75 Å². The standard InChI is InChI=1S/C22H28FN7O2.H2/c1-3-32-20-5-17(24)15(6-25-2)4-18(20)28-22(31)19-7-27-21(8-26-19)30-10-14(11-30)9-29-12-16(23)13-29;/h4-8,14,16H,3,9-13,24H2,1-2H3,(H,28,31);1H. The largest absolute Gasteiger partial charge is 0.492 e. The van der Waals surface area contributed by atoms with Gasteiger partial charge in [0.1, 0.15) is 23.4 Å². The van der Waals surface area contributed by atoms with Gasteiger partial charge in [-0.1, -0.05) is 0 Å². The molecule has 3 N–H and O–H groups in total. The van der Waals surface area contributed by atoms with Crippen LogP contribution in [-0.2, 0) is 0 Å². The van der Waals surface area contributed by atoms with Crippen LogP contribution in [0.2, 0.25) is 0 Å². The third-order valence-corrected chi connectivity index (χ3v) is 5.58. The number of carbonyl (C=O) groups excluding carboxylic acids is 1. The number of aliphatic imine (C=N–C) groups is 1. The summed E-state index contributed by atoms with van der Waals surface area (Å²) in [5.74, 6) is 1.32. The number of nitrogen functional groups attached to an aromatic ring is 1. The van der Waals surface area contributed by atoms with E-state index in [1.807, 2.05) is 6.92 Å². The van der Waals surface area contributed by atoms with Crippen LogP contribution >= 0.6 is 0 Å². The maximum absolute atomic E-state index is 12.9. The lowest BCUT2D eigenvalue weighted by Crippen LogP contribution is -2.57. The molecule has 2 aliphatic rings. The van der Waals surface area contributed by atoms with E-state index in [0.717, 1.165) is 25.5 Å². The molecule has 0 radical (unpaired) electrons. The molecule has 2 fully saturated rings. The first-order chi connectivity index (χ1) is 15.5. The van der Waals surface area contributed by atoms with Gasteiger partial charge in [-0.25, -0.2) is 14.4 Å². The van der Waals surface area contributed by atoms with Crippen molar-refractivity contribution in [3.8, 4) is 5.75 Å². The molecule has 2 aromatic rings. The summed E-state index contributed by atoms with van der Waals surface area (Å²) in [5, 5.41) is 2.83. The molecule has 10 heteroatoms. The maximum atomic E-state index is 12.9. The van der Waals surface area contributed by atoms with Crippen molar-refractivity contribution in [2.24, 2.45) is 10.9 Å². The highest BCUT2D eigenvalue weighted by Crippen LogP contribution is 2.30. The van der Waals surface area contributed by atoms with Crippen LogP contribution in [0.15, 0.2) is 29.5 Å². The molecule has 1 amide bonds. The monoisotopic (exact) mass is 443 g/mol. The highest BCUT2D eigenvalue weighted by Gasteiger charge is 2.34. The fourth-order valence-corrected chi connectivity index (χ4v) is 3.92. The average Bonchev–Trinajstić information content (AvgIpc) is 2.72. The second kappa shape index (κ2) is 9.47.